The number of benzene rings is 1. The van der Waals surface area contributed by atoms with Crippen LogP contribution in [-0.2, 0) is 4.74 Å². The summed E-state index contributed by atoms with van der Waals surface area (Å²) < 4.78 is 6.78. The Morgan fingerprint density at radius 2 is 2.06 bits per heavy atom. The van der Waals surface area contributed by atoms with E-state index in [1.807, 2.05) is 55.6 Å². The summed E-state index contributed by atoms with van der Waals surface area (Å²) in [5.74, 6) is -0.107. The van der Waals surface area contributed by atoms with Crippen molar-refractivity contribution in [1.82, 2.24) is 14.6 Å². The molecule has 156 valence electrons. The lowest BCUT2D eigenvalue weighted by atomic mass is 10.1. The second-order valence-electron chi connectivity index (χ2n) is 7.02. The summed E-state index contributed by atoms with van der Waals surface area (Å²) in [6.07, 6.45) is 4.48. The minimum atomic E-state index is -0.530. The third-order valence-electron chi connectivity index (χ3n) is 4.50. The molecule has 0 saturated carbocycles. The first kappa shape index (κ1) is 20.5. The first-order valence-electron chi connectivity index (χ1n) is 9.61. The zero-order valence-corrected chi connectivity index (χ0v) is 17.8. The van der Waals surface area contributed by atoms with Crippen LogP contribution >= 0.6 is 11.3 Å². The van der Waals surface area contributed by atoms with Crippen LogP contribution in [0.4, 0.5) is 10.5 Å². The number of ether oxygens (including phenoxy) is 1. The number of nitrogens with zero attached hydrogens (tertiary/aromatic N) is 3. The van der Waals surface area contributed by atoms with Crippen molar-refractivity contribution in [3.8, 4) is 11.3 Å². The third kappa shape index (κ3) is 4.54. The molecule has 3 heterocycles. The fourth-order valence-electron chi connectivity index (χ4n) is 3.00. The summed E-state index contributed by atoms with van der Waals surface area (Å²) in [5.41, 5.74) is 4.15. The van der Waals surface area contributed by atoms with Crippen LogP contribution in [0.15, 0.2) is 71.9 Å². The van der Waals surface area contributed by atoms with Crippen molar-refractivity contribution in [1.29, 1.82) is 0 Å². The molecule has 0 bridgehead atoms. The standard InChI is InChI=1S/C23H20N4O3S/c1-15(2)9-11-30-23(29)26-17-6-3-5-16(13-17)19-8-10-24-22-18(14-25-27(19)22)21(28)20-7-4-12-31-20/h3-10,12-14H,11H2,1-2H3,(H,26,29). The average Bonchev–Trinajstić information content (AvgIpc) is 3.43. The molecule has 0 radical (unpaired) electrons. The molecule has 31 heavy (non-hydrogen) atoms. The first-order valence-corrected chi connectivity index (χ1v) is 10.5. The van der Waals surface area contributed by atoms with Crippen LogP contribution in [-0.4, -0.2) is 33.1 Å². The predicted molar refractivity (Wildman–Crippen MR) is 121 cm³/mol. The molecule has 4 aromatic rings. The highest BCUT2D eigenvalue weighted by Crippen LogP contribution is 2.25. The number of amides is 1. The van der Waals surface area contributed by atoms with Gasteiger partial charge in [0.1, 0.15) is 6.61 Å². The number of carbonyl (C=O) groups excluding carboxylic acids is 2. The number of hydrogen-bond donors (Lipinski definition) is 1. The van der Waals surface area contributed by atoms with Crippen molar-refractivity contribution in [3.05, 3.63) is 82.3 Å². The smallest absolute Gasteiger partial charge is 0.411 e. The fourth-order valence-corrected chi connectivity index (χ4v) is 3.68. The van der Waals surface area contributed by atoms with Gasteiger partial charge in [0.25, 0.3) is 0 Å². The number of rotatable bonds is 6. The third-order valence-corrected chi connectivity index (χ3v) is 5.37. The predicted octanol–water partition coefficient (Wildman–Crippen LogP) is 5.20. The van der Waals surface area contributed by atoms with E-state index in [0.717, 1.165) is 16.8 Å². The van der Waals surface area contributed by atoms with Crippen molar-refractivity contribution in [2.24, 2.45) is 0 Å². The molecular weight excluding hydrogens is 412 g/mol. The van der Waals surface area contributed by atoms with Crippen molar-refractivity contribution >= 4 is 34.5 Å². The van der Waals surface area contributed by atoms with Crippen molar-refractivity contribution in [3.63, 3.8) is 0 Å². The Bertz CT molecular complexity index is 1270. The normalized spacial score (nSPS) is 10.6. The van der Waals surface area contributed by atoms with Gasteiger partial charge in [0.05, 0.1) is 22.3 Å². The number of thiophene rings is 1. The minimum absolute atomic E-state index is 0.107. The van der Waals surface area contributed by atoms with Crippen LogP contribution in [0.25, 0.3) is 16.9 Å². The Morgan fingerprint density at radius 3 is 2.84 bits per heavy atom. The Kier molecular flexibility index (Phi) is 5.90. The molecule has 3 aromatic heterocycles. The molecular formula is C23H20N4O3S. The van der Waals surface area contributed by atoms with E-state index >= 15 is 0 Å². The number of carbonyl (C=O) groups is 2. The fraction of sp³-hybridized carbons (Fsp3) is 0.130. The molecule has 0 unspecified atom stereocenters. The van der Waals surface area contributed by atoms with Gasteiger partial charge in [-0.25, -0.2) is 14.3 Å². The zero-order chi connectivity index (χ0) is 21.8. The Balaban J connectivity index is 1.61. The Hall–Kier alpha value is -3.78. The monoisotopic (exact) mass is 432 g/mol. The SMILES string of the molecule is CC(C)=CCOC(=O)Nc1cccc(-c2ccnc3c(C(=O)c4cccs4)cnn23)c1. The van der Waals surface area contributed by atoms with Crippen molar-refractivity contribution in [2.45, 2.75) is 13.8 Å². The Labute approximate surface area is 183 Å². The number of aromatic nitrogens is 3. The highest BCUT2D eigenvalue weighted by Gasteiger charge is 2.18. The van der Waals surface area contributed by atoms with Gasteiger partial charge in [-0.3, -0.25) is 10.1 Å². The zero-order valence-electron chi connectivity index (χ0n) is 17.0. The van der Waals surface area contributed by atoms with Crippen molar-refractivity contribution < 1.29 is 14.3 Å². The topological polar surface area (TPSA) is 85.6 Å². The molecule has 0 spiro atoms. The van der Waals surface area contributed by atoms with E-state index in [1.54, 1.807) is 22.8 Å². The number of allylic oxidation sites excluding steroid dienone is 1. The van der Waals surface area contributed by atoms with Gasteiger partial charge < -0.3 is 4.74 Å². The second-order valence-corrected chi connectivity index (χ2v) is 7.96. The first-order chi connectivity index (χ1) is 15.0. The summed E-state index contributed by atoms with van der Waals surface area (Å²) in [6, 6.07) is 12.8. The molecule has 0 fully saturated rings. The maximum Gasteiger partial charge on any atom is 0.411 e. The quantitative estimate of drug-likeness (QED) is 0.334. The molecule has 0 aliphatic rings. The van der Waals surface area contributed by atoms with E-state index in [0.29, 0.717) is 21.8 Å². The maximum absolute atomic E-state index is 12.8. The number of ketones is 1. The van der Waals surface area contributed by atoms with Crippen LogP contribution in [0.5, 0.6) is 0 Å². The largest absolute Gasteiger partial charge is 0.445 e. The van der Waals surface area contributed by atoms with Gasteiger partial charge in [-0.05, 0) is 49.6 Å². The van der Waals surface area contributed by atoms with E-state index < -0.39 is 6.09 Å². The molecule has 0 aliphatic carbocycles. The maximum atomic E-state index is 12.8. The highest BCUT2D eigenvalue weighted by molar-refractivity contribution is 7.12. The van der Waals surface area contributed by atoms with Crippen LogP contribution in [0.1, 0.15) is 29.1 Å². The highest BCUT2D eigenvalue weighted by atomic mass is 32.1. The molecule has 1 aromatic carbocycles. The molecule has 1 amide bonds. The molecule has 0 saturated heterocycles. The lowest BCUT2D eigenvalue weighted by Crippen LogP contribution is -2.13. The average molecular weight is 433 g/mol. The lowest BCUT2D eigenvalue weighted by molar-refractivity contribution is 0.104. The second kappa shape index (κ2) is 8.93. The van der Waals surface area contributed by atoms with Crippen LogP contribution in [0.3, 0.4) is 0 Å². The number of fused-ring (bicyclic) bond motifs is 1. The minimum Gasteiger partial charge on any atom is -0.445 e. The summed E-state index contributed by atoms with van der Waals surface area (Å²) in [4.78, 5) is 29.8. The number of nitrogens with one attached hydrogen (secondary N) is 1. The van der Waals surface area contributed by atoms with Gasteiger partial charge >= 0.3 is 6.09 Å². The van der Waals surface area contributed by atoms with E-state index in [2.05, 4.69) is 15.4 Å². The van der Waals surface area contributed by atoms with Gasteiger partial charge in [-0.2, -0.15) is 5.10 Å². The van der Waals surface area contributed by atoms with E-state index in [-0.39, 0.29) is 12.4 Å². The molecule has 0 aliphatic heterocycles. The summed E-state index contributed by atoms with van der Waals surface area (Å²) in [6.45, 7) is 4.09. The van der Waals surface area contributed by atoms with Crippen LogP contribution in [0.2, 0.25) is 0 Å². The Morgan fingerprint density at radius 1 is 1.19 bits per heavy atom. The van der Waals surface area contributed by atoms with Crippen LogP contribution in [0, 0.1) is 0 Å². The van der Waals surface area contributed by atoms with Crippen molar-refractivity contribution in [2.75, 3.05) is 11.9 Å². The van der Waals surface area contributed by atoms with Gasteiger partial charge in [-0.15, -0.1) is 11.3 Å². The molecule has 4 rings (SSSR count). The molecule has 8 heteroatoms. The van der Waals surface area contributed by atoms with E-state index in [9.17, 15) is 9.59 Å². The molecule has 7 nitrogen and oxygen atoms in total. The van der Waals surface area contributed by atoms with E-state index in [1.165, 1.54) is 17.5 Å². The van der Waals surface area contributed by atoms with Gasteiger partial charge in [0, 0.05) is 17.4 Å². The lowest BCUT2D eigenvalue weighted by Gasteiger charge is -2.09. The summed E-state index contributed by atoms with van der Waals surface area (Å²) in [7, 11) is 0. The van der Waals surface area contributed by atoms with Gasteiger partial charge in [-0.1, -0.05) is 23.8 Å². The molecule has 1 N–H and O–H groups in total. The molecule has 0 atom stereocenters. The van der Waals surface area contributed by atoms with Crippen LogP contribution < -0.4 is 5.32 Å². The summed E-state index contributed by atoms with van der Waals surface area (Å²) >= 11 is 1.38. The van der Waals surface area contributed by atoms with E-state index in [4.69, 9.17) is 4.74 Å². The van der Waals surface area contributed by atoms with Gasteiger partial charge in [0.15, 0.2) is 5.65 Å². The number of hydrogen-bond acceptors (Lipinski definition) is 6. The summed E-state index contributed by atoms with van der Waals surface area (Å²) in [5, 5.41) is 8.98. The number of anilines is 1. The van der Waals surface area contributed by atoms with Gasteiger partial charge in [0.2, 0.25) is 5.78 Å².